The molecule has 51 heavy (non-hydrogen) atoms. The highest BCUT2D eigenvalue weighted by molar-refractivity contribution is 4.96. The molecule has 0 aromatic rings. The Kier molecular flexibility index (Phi) is 43.4. The van der Waals surface area contributed by atoms with Crippen LogP contribution in [-0.4, -0.2) is 24.5 Å². The van der Waals surface area contributed by atoms with Gasteiger partial charge in [0, 0.05) is 13.1 Å². The molecule has 1 nitrogen and oxygen atoms in total. The summed E-state index contributed by atoms with van der Waals surface area (Å²) in [7, 11) is 0. The highest BCUT2D eigenvalue weighted by atomic mass is 15.1. The molecule has 0 radical (unpaired) electrons. The molecule has 304 valence electrons. The first kappa shape index (κ1) is 50.4. The lowest BCUT2D eigenvalue weighted by Gasteiger charge is -2.23. The van der Waals surface area contributed by atoms with E-state index < -0.39 is 0 Å². The van der Waals surface area contributed by atoms with E-state index in [4.69, 9.17) is 0 Å². The van der Waals surface area contributed by atoms with E-state index in [1.807, 2.05) is 0 Å². The van der Waals surface area contributed by atoms with Crippen molar-refractivity contribution in [1.82, 2.24) is 4.90 Å². The van der Waals surface area contributed by atoms with E-state index in [1.165, 1.54) is 288 Å². The zero-order valence-electron chi connectivity index (χ0n) is 36.3. The highest BCUT2D eigenvalue weighted by Crippen LogP contribution is 2.19. The first-order chi connectivity index (χ1) is 25.1. The molecule has 1 heteroatoms. The van der Waals surface area contributed by atoms with Crippen LogP contribution in [0.3, 0.4) is 0 Å². The number of nitrogens with zero attached hydrogens (tertiary/aromatic N) is 1. The van der Waals surface area contributed by atoms with Gasteiger partial charge in [0.05, 0.1) is 0 Å². The van der Waals surface area contributed by atoms with E-state index >= 15 is 0 Å². The van der Waals surface area contributed by atoms with Crippen molar-refractivity contribution in [3.05, 3.63) is 24.3 Å². The van der Waals surface area contributed by atoms with Crippen molar-refractivity contribution < 1.29 is 0 Å². The molecule has 0 heterocycles. The minimum absolute atomic E-state index is 1.19. The third-order valence-corrected chi connectivity index (χ3v) is 11.7. The van der Waals surface area contributed by atoms with Crippen molar-refractivity contribution in [2.24, 2.45) is 0 Å². The number of unbranched alkanes of at least 4 members (excludes halogenated alkanes) is 33. The van der Waals surface area contributed by atoms with E-state index in [9.17, 15) is 0 Å². The number of hydrogen-bond acceptors (Lipinski definition) is 1. The van der Waals surface area contributed by atoms with E-state index in [2.05, 4.69) is 38.8 Å². The van der Waals surface area contributed by atoms with Crippen molar-refractivity contribution in [3.8, 4) is 0 Å². The maximum atomic E-state index is 4.48. The summed E-state index contributed by atoms with van der Waals surface area (Å²) < 4.78 is 0. The van der Waals surface area contributed by atoms with Crippen LogP contribution in [0.15, 0.2) is 24.3 Å². The second kappa shape index (κ2) is 43.8. The molecule has 0 aliphatic heterocycles. The Morgan fingerprint density at radius 2 is 0.471 bits per heavy atom. The zero-order valence-corrected chi connectivity index (χ0v) is 36.3. The molecule has 0 amide bonds. The number of rotatable bonds is 45. The average molecular weight is 714 g/mol. The summed E-state index contributed by atoms with van der Waals surface area (Å²) in [5.41, 5.74) is 2.97. The topological polar surface area (TPSA) is 3.24 Å². The van der Waals surface area contributed by atoms with E-state index in [0.29, 0.717) is 0 Å². The Hall–Kier alpha value is -0.560. The fourth-order valence-corrected chi connectivity index (χ4v) is 7.80. The normalized spacial score (nSPS) is 11.6. The third kappa shape index (κ3) is 42.0. The predicted octanol–water partition coefficient (Wildman–Crippen LogP) is 18.1. The molecule has 0 aromatic heterocycles. The van der Waals surface area contributed by atoms with Crippen LogP contribution in [0.1, 0.15) is 278 Å². The van der Waals surface area contributed by atoms with E-state index in [-0.39, 0.29) is 0 Å². The Labute approximate surface area is 325 Å². The second-order valence-electron chi connectivity index (χ2n) is 17.0. The maximum Gasteiger partial charge on any atom is 0.00186 e. The van der Waals surface area contributed by atoms with Gasteiger partial charge < -0.3 is 4.90 Å². The lowest BCUT2D eigenvalue weighted by atomic mass is 10.0. The largest absolute Gasteiger partial charge is 0.303 e. The SMILES string of the molecule is C=C(CCCCCCCCCCCCCCCCCCC)CCN(CCCC)CCC(=C)CCCCCCCCCCCCCCCCCCC. The second-order valence-corrected chi connectivity index (χ2v) is 17.0. The standard InChI is InChI=1S/C50H99N/c1-6-9-12-14-16-18-20-22-24-26-28-30-32-34-36-38-40-42-49(4)44-47-51(46-11-8-3)48-45-50(5)43-41-39-37-35-33-31-29-27-25-23-21-19-17-15-13-10-7-2/h4-48H2,1-3H3. The van der Waals surface area contributed by atoms with Crippen molar-refractivity contribution in [1.29, 1.82) is 0 Å². The van der Waals surface area contributed by atoms with Gasteiger partial charge in [-0.1, -0.05) is 257 Å². The molecule has 0 saturated carbocycles. The van der Waals surface area contributed by atoms with Gasteiger partial charge in [-0.2, -0.15) is 0 Å². The Bertz CT molecular complexity index is 625. The van der Waals surface area contributed by atoms with Gasteiger partial charge in [-0.15, -0.1) is 0 Å². The summed E-state index contributed by atoms with van der Waals surface area (Å²) in [5, 5.41) is 0. The monoisotopic (exact) mass is 714 g/mol. The highest BCUT2D eigenvalue weighted by Gasteiger charge is 2.07. The van der Waals surface area contributed by atoms with Crippen molar-refractivity contribution in [2.75, 3.05) is 19.6 Å². The van der Waals surface area contributed by atoms with Gasteiger partial charge in [-0.3, -0.25) is 0 Å². The van der Waals surface area contributed by atoms with Crippen LogP contribution in [-0.2, 0) is 0 Å². The molecule has 0 atom stereocenters. The summed E-state index contributed by atoms with van der Waals surface area (Å²) in [5.74, 6) is 0. The van der Waals surface area contributed by atoms with Gasteiger partial charge in [0.1, 0.15) is 0 Å². The Morgan fingerprint density at radius 1 is 0.255 bits per heavy atom. The fourth-order valence-electron chi connectivity index (χ4n) is 7.80. The molecule has 0 saturated heterocycles. The minimum Gasteiger partial charge on any atom is -0.303 e. The molecule has 0 spiro atoms. The molecular formula is C50H99N. The molecule has 0 bridgehead atoms. The van der Waals surface area contributed by atoms with Crippen LogP contribution in [0, 0.1) is 0 Å². The molecule has 0 N–H and O–H groups in total. The molecule has 0 fully saturated rings. The summed E-state index contributed by atoms with van der Waals surface area (Å²) >= 11 is 0. The van der Waals surface area contributed by atoms with Gasteiger partial charge in [0.25, 0.3) is 0 Å². The average Bonchev–Trinajstić information content (AvgIpc) is 3.13. The van der Waals surface area contributed by atoms with E-state index in [0.717, 1.165) is 0 Å². The molecule has 0 unspecified atom stereocenters. The maximum absolute atomic E-state index is 4.48. The van der Waals surface area contributed by atoms with Crippen LogP contribution in [0.5, 0.6) is 0 Å². The van der Waals surface area contributed by atoms with Crippen molar-refractivity contribution in [3.63, 3.8) is 0 Å². The summed E-state index contributed by atoms with van der Waals surface area (Å²) in [6.45, 7) is 19.5. The molecule has 0 rings (SSSR count). The lowest BCUT2D eigenvalue weighted by Crippen LogP contribution is -2.27. The first-order valence-corrected chi connectivity index (χ1v) is 24.2. The summed E-state index contributed by atoms with van der Waals surface area (Å²) in [6, 6.07) is 0. The van der Waals surface area contributed by atoms with Crippen molar-refractivity contribution >= 4 is 0 Å². The van der Waals surface area contributed by atoms with E-state index in [1.54, 1.807) is 0 Å². The van der Waals surface area contributed by atoms with Crippen LogP contribution in [0.25, 0.3) is 0 Å². The summed E-state index contributed by atoms with van der Waals surface area (Å²) in [4.78, 5) is 2.71. The molecule has 0 aromatic carbocycles. The van der Waals surface area contributed by atoms with Gasteiger partial charge in [-0.05, 0) is 51.5 Å². The van der Waals surface area contributed by atoms with Gasteiger partial charge >= 0.3 is 0 Å². The minimum atomic E-state index is 1.19. The molecule has 0 aliphatic rings. The zero-order chi connectivity index (χ0) is 37.1. The summed E-state index contributed by atoms with van der Waals surface area (Å²) in [6.07, 6.45) is 56.6. The lowest BCUT2D eigenvalue weighted by molar-refractivity contribution is 0.274. The third-order valence-electron chi connectivity index (χ3n) is 11.7. The fraction of sp³-hybridized carbons (Fsp3) is 0.920. The van der Waals surface area contributed by atoms with Crippen LogP contribution in [0.4, 0.5) is 0 Å². The van der Waals surface area contributed by atoms with Crippen LogP contribution >= 0.6 is 0 Å². The number of hydrogen-bond donors (Lipinski definition) is 0. The van der Waals surface area contributed by atoms with Crippen molar-refractivity contribution in [2.45, 2.75) is 278 Å². The van der Waals surface area contributed by atoms with Crippen LogP contribution < -0.4 is 0 Å². The smallest absolute Gasteiger partial charge is 0.00186 e. The van der Waals surface area contributed by atoms with Gasteiger partial charge in [0.15, 0.2) is 0 Å². The quantitative estimate of drug-likeness (QED) is 0.0448. The predicted molar refractivity (Wildman–Crippen MR) is 236 cm³/mol. The molecular weight excluding hydrogens is 615 g/mol. The van der Waals surface area contributed by atoms with Gasteiger partial charge in [0.2, 0.25) is 0 Å². The first-order valence-electron chi connectivity index (χ1n) is 24.2. The Morgan fingerprint density at radius 3 is 0.706 bits per heavy atom. The van der Waals surface area contributed by atoms with Crippen LogP contribution in [0.2, 0.25) is 0 Å². The Balaban J connectivity index is 3.63. The molecule has 0 aliphatic carbocycles. The van der Waals surface area contributed by atoms with Gasteiger partial charge in [-0.25, -0.2) is 0 Å².